The minimum atomic E-state index is 0.406. The quantitative estimate of drug-likeness (QED) is 0.737. The summed E-state index contributed by atoms with van der Waals surface area (Å²) in [5, 5.41) is 3.39. The molecule has 96 valence electrons. The second kappa shape index (κ2) is 8.13. The second-order valence-corrected chi connectivity index (χ2v) is 4.37. The monoisotopic (exact) mass is 235 g/mol. The van der Waals surface area contributed by atoms with Crippen LogP contribution >= 0.6 is 0 Å². The highest BCUT2D eigenvalue weighted by molar-refractivity contribution is 5.35. The first-order valence-corrected chi connectivity index (χ1v) is 6.72. The highest BCUT2D eigenvalue weighted by atomic mass is 16.5. The molecule has 0 saturated carbocycles. The number of para-hydroxylation sites is 1. The Labute approximate surface area is 105 Å². The zero-order chi connectivity index (χ0) is 12.5. The van der Waals surface area contributed by atoms with E-state index in [1.807, 2.05) is 13.1 Å². The molecule has 0 aromatic heterocycles. The van der Waals surface area contributed by atoms with Crippen LogP contribution in [0.4, 0.5) is 0 Å². The van der Waals surface area contributed by atoms with Crippen molar-refractivity contribution in [3.63, 3.8) is 0 Å². The largest absolute Gasteiger partial charge is 0.493 e. The average Bonchev–Trinajstić information content (AvgIpc) is 2.38. The van der Waals surface area contributed by atoms with Gasteiger partial charge in [0.15, 0.2) is 0 Å². The lowest BCUT2D eigenvalue weighted by Crippen LogP contribution is -2.17. The molecule has 0 saturated heterocycles. The summed E-state index contributed by atoms with van der Waals surface area (Å²) in [4.78, 5) is 0. The van der Waals surface area contributed by atoms with Crippen molar-refractivity contribution in [2.45, 2.75) is 45.6 Å². The molecule has 0 radical (unpaired) electrons. The van der Waals surface area contributed by atoms with E-state index in [9.17, 15) is 0 Å². The third-order valence-electron chi connectivity index (χ3n) is 2.95. The van der Waals surface area contributed by atoms with E-state index in [1.54, 1.807) is 0 Å². The van der Waals surface area contributed by atoms with E-state index in [2.05, 4.69) is 37.4 Å². The predicted molar refractivity (Wildman–Crippen MR) is 73.6 cm³/mol. The fourth-order valence-electron chi connectivity index (χ4n) is 1.98. The molecule has 0 heterocycles. The van der Waals surface area contributed by atoms with E-state index in [1.165, 1.54) is 24.8 Å². The molecule has 0 aliphatic heterocycles. The maximum atomic E-state index is 5.81. The molecule has 0 amide bonds. The summed E-state index contributed by atoms with van der Waals surface area (Å²) in [5.41, 5.74) is 1.29. The average molecular weight is 235 g/mol. The fraction of sp³-hybridized carbons (Fsp3) is 0.600. The lowest BCUT2D eigenvalue weighted by Gasteiger charge is -2.19. The SMILES string of the molecule is CCCCC(NC)c1ccccc1OCCC. The first kappa shape index (κ1) is 14.0. The van der Waals surface area contributed by atoms with Crippen LogP contribution in [0.5, 0.6) is 5.75 Å². The van der Waals surface area contributed by atoms with Crippen molar-refractivity contribution < 1.29 is 4.74 Å². The van der Waals surface area contributed by atoms with Crippen LogP contribution < -0.4 is 10.1 Å². The molecule has 1 aromatic rings. The van der Waals surface area contributed by atoms with Crippen molar-refractivity contribution in [1.29, 1.82) is 0 Å². The molecule has 1 N–H and O–H groups in total. The highest BCUT2D eigenvalue weighted by Crippen LogP contribution is 2.28. The number of ether oxygens (including phenoxy) is 1. The summed E-state index contributed by atoms with van der Waals surface area (Å²) >= 11 is 0. The Kier molecular flexibility index (Phi) is 6.71. The summed E-state index contributed by atoms with van der Waals surface area (Å²) < 4.78 is 5.81. The van der Waals surface area contributed by atoms with E-state index in [-0.39, 0.29) is 0 Å². The Bertz CT molecular complexity index is 312. The first-order chi connectivity index (χ1) is 8.33. The van der Waals surface area contributed by atoms with Crippen molar-refractivity contribution in [3.05, 3.63) is 29.8 Å². The molecule has 2 nitrogen and oxygen atoms in total. The second-order valence-electron chi connectivity index (χ2n) is 4.37. The van der Waals surface area contributed by atoms with Gasteiger partial charge in [0, 0.05) is 11.6 Å². The number of benzene rings is 1. The fourth-order valence-corrected chi connectivity index (χ4v) is 1.98. The van der Waals surface area contributed by atoms with Crippen LogP contribution in [-0.4, -0.2) is 13.7 Å². The highest BCUT2D eigenvalue weighted by Gasteiger charge is 2.13. The van der Waals surface area contributed by atoms with Crippen molar-refractivity contribution in [1.82, 2.24) is 5.32 Å². The zero-order valence-electron chi connectivity index (χ0n) is 11.3. The maximum Gasteiger partial charge on any atom is 0.124 e. The van der Waals surface area contributed by atoms with Crippen LogP contribution in [0.25, 0.3) is 0 Å². The maximum absolute atomic E-state index is 5.81. The topological polar surface area (TPSA) is 21.3 Å². The van der Waals surface area contributed by atoms with Gasteiger partial charge in [0.2, 0.25) is 0 Å². The van der Waals surface area contributed by atoms with Crippen LogP contribution in [0, 0.1) is 0 Å². The van der Waals surface area contributed by atoms with Crippen molar-refractivity contribution in [2.24, 2.45) is 0 Å². The molecule has 1 atom stereocenters. The van der Waals surface area contributed by atoms with Crippen LogP contribution in [-0.2, 0) is 0 Å². The molecule has 0 fully saturated rings. The Hall–Kier alpha value is -1.02. The van der Waals surface area contributed by atoms with Crippen LogP contribution in [0.15, 0.2) is 24.3 Å². The van der Waals surface area contributed by atoms with Gasteiger partial charge in [-0.2, -0.15) is 0 Å². The van der Waals surface area contributed by atoms with Crippen molar-refractivity contribution in [2.75, 3.05) is 13.7 Å². The molecule has 2 heteroatoms. The third kappa shape index (κ3) is 4.39. The molecule has 0 aliphatic rings. The Morgan fingerprint density at radius 1 is 1.18 bits per heavy atom. The number of nitrogens with one attached hydrogen (secondary N) is 1. The molecular formula is C15H25NO. The van der Waals surface area contributed by atoms with E-state index in [0.29, 0.717) is 6.04 Å². The molecule has 17 heavy (non-hydrogen) atoms. The molecule has 1 aromatic carbocycles. The number of rotatable bonds is 8. The minimum absolute atomic E-state index is 0.406. The number of hydrogen-bond donors (Lipinski definition) is 1. The van der Waals surface area contributed by atoms with Gasteiger partial charge in [-0.3, -0.25) is 0 Å². The van der Waals surface area contributed by atoms with Crippen LogP contribution in [0.2, 0.25) is 0 Å². The summed E-state index contributed by atoms with van der Waals surface area (Å²) in [7, 11) is 2.02. The van der Waals surface area contributed by atoms with Gasteiger partial charge < -0.3 is 10.1 Å². The van der Waals surface area contributed by atoms with Gasteiger partial charge in [0.25, 0.3) is 0 Å². The van der Waals surface area contributed by atoms with Crippen LogP contribution in [0.3, 0.4) is 0 Å². The number of unbranched alkanes of at least 4 members (excludes halogenated alkanes) is 1. The van der Waals surface area contributed by atoms with Gasteiger partial charge in [0.05, 0.1) is 6.61 Å². The smallest absolute Gasteiger partial charge is 0.124 e. The molecular weight excluding hydrogens is 210 g/mol. The predicted octanol–water partition coefficient (Wildman–Crippen LogP) is 3.93. The van der Waals surface area contributed by atoms with Gasteiger partial charge >= 0.3 is 0 Å². The molecule has 1 unspecified atom stereocenters. The summed E-state index contributed by atoms with van der Waals surface area (Å²) in [6.07, 6.45) is 4.69. The lowest BCUT2D eigenvalue weighted by molar-refractivity contribution is 0.309. The van der Waals surface area contributed by atoms with Gasteiger partial charge in [-0.05, 0) is 26.0 Å². The van der Waals surface area contributed by atoms with E-state index < -0.39 is 0 Å². The molecule has 0 spiro atoms. The summed E-state index contributed by atoms with van der Waals surface area (Å²) in [5.74, 6) is 1.03. The lowest BCUT2D eigenvalue weighted by atomic mass is 10.0. The van der Waals surface area contributed by atoms with Crippen molar-refractivity contribution in [3.8, 4) is 5.75 Å². The van der Waals surface area contributed by atoms with Gasteiger partial charge in [-0.15, -0.1) is 0 Å². The van der Waals surface area contributed by atoms with E-state index >= 15 is 0 Å². The van der Waals surface area contributed by atoms with Gasteiger partial charge in [-0.1, -0.05) is 44.9 Å². The standard InChI is InChI=1S/C15H25NO/c1-4-6-10-14(16-3)13-9-7-8-11-15(13)17-12-5-2/h7-9,11,14,16H,4-6,10,12H2,1-3H3. The third-order valence-corrected chi connectivity index (χ3v) is 2.95. The summed E-state index contributed by atoms with van der Waals surface area (Å²) in [6, 6.07) is 8.78. The summed E-state index contributed by atoms with van der Waals surface area (Å²) in [6.45, 7) is 5.16. The van der Waals surface area contributed by atoms with Crippen LogP contribution in [0.1, 0.15) is 51.1 Å². The first-order valence-electron chi connectivity index (χ1n) is 6.72. The minimum Gasteiger partial charge on any atom is -0.493 e. The molecule has 1 rings (SSSR count). The van der Waals surface area contributed by atoms with Gasteiger partial charge in [-0.25, -0.2) is 0 Å². The normalized spacial score (nSPS) is 12.4. The zero-order valence-corrected chi connectivity index (χ0v) is 11.3. The van der Waals surface area contributed by atoms with Crippen molar-refractivity contribution >= 4 is 0 Å². The van der Waals surface area contributed by atoms with E-state index in [4.69, 9.17) is 4.74 Å². The Morgan fingerprint density at radius 3 is 2.59 bits per heavy atom. The number of hydrogen-bond acceptors (Lipinski definition) is 2. The van der Waals surface area contributed by atoms with E-state index in [0.717, 1.165) is 18.8 Å². The van der Waals surface area contributed by atoms with Gasteiger partial charge in [0.1, 0.15) is 5.75 Å². The Morgan fingerprint density at radius 2 is 1.94 bits per heavy atom. The molecule has 0 bridgehead atoms. The molecule has 0 aliphatic carbocycles. The Balaban J connectivity index is 2.77.